The summed E-state index contributed by atoms with van der Waals surface area (Å²) in [7, 11) is 3.90. The van der Waals surface area contributed by atoms with Gasteiger partial charge in [0.25, 0.3) is 5.91 Å². The van der Waals surface area contributed by atoms with Gasteiger partial charge in [-0.1, -0.05) is 23.9 Å². The Labute approximate surface area is 176 Å². The maximum Gasteiger partial charge on any atom is 0.263 e. The molecule has 0 radical (unpaired) electrons. The quantitative estimate of drug-likeness (QED) is 0.525. The lowest BCUT2D eigenvalue weighted by Gasteiger charge is -2.22. The molecule has 1 unspecified atom stereocenters. The predicted octanol–water partition coefficient (Wildman–Crippen LogP) is 2.81. The van der Waals surface area contributed by atoms with Crippen LogP contribution in [0.2, 0.25) is 0 Å². The van der Waals surface area contributed by atoms with Crippen molar-refractivity contribution < 1.29 is 9.53 Å². The van der Waals surface area contributed by atoms with E-state index in [-0.39, 0.29) is 12.0 Å². The number of fused-ring (bicyclic) bond motifs is 1. The molecule has 1 amide bonds. The third-order valence-corrected chi connectivity index (χ3v) is 5.54. The molecule has 3 rings (SSSR count). The van der Waals surface area contributed by atoms with Crippen molar-refractivity contribution in [3.63, 3.8) is 0 Å². The van der Waals surface area contributed by atoms with Crippen LogP contribution < -0.4 is 15.1 Å². The summed E-state index contributed by atoms with van der Waals surface area (Å²) in [6, 6.07) is 8.01. The topological polar surface area (TPSA) is 70.6 Å². The minimum absolute atomic E-state index is 0.0718. The number of nitrogens with one attached hydrogen (secondary N) is 1. The molecule has 156 valence electrons. The number of aromatic nitrogens is 2. The van der Waals surface area contributed by atoms with Crippen molar-refractivity contribution in [1.29, 1.82) is 0 Å². The van der Waals surface area contributed by atoms with Gasteiger partial charge < -0.3 is 19.9 Å². The van der Waals surface area contributed by atoms with Gasteiger partial charge in [-0.15, -0.1) is 0 Å². The zero-order valence-corrected chi connectivity index (χ0v) is 18.3. The summed E-state index contributed by atoms with van der Waals surface area (Å²) >= 11 is 1.47. The van der Waals surface area contributed by atoms with Crippen LogP contribution in [0.5, 0.6) is 0 Å². The van der Waals surface area contributed by atoms with E-state index in [0.29, 0.717) is 36.2 Å². The van der Waals surface area contributed by atoms with Crippen LogP contribution in [0.1, 0.15) is 29.3 Å². The largest absolute Gasteiger partial charge is 0.374 e. The smallest absolute Gasteiger partial charge is 0.263 e. The van der Waals surface area contributed by atoms with Gasteiger partial charge in [0.15, 0.2) is 5.16 Å². The Morgan fingerprint density at radius 3 is 2.93 bits per heavy atom. The molecule has 0 fully saturated rings. The summed E-state index contributed by atoms with van der Waals surface area (Å²) in [6.07, 6.45) is 4.71. The van der Waals surface area contributed by atoms with Crippen LogP contribution >= 0.6 is 11.8 Å². The lowest BCUT2D eigenvalue weighted by molar-refractivity contribution is 0.0481. The molecule has 1 atom stereocenters. The molecular formula is C21H29N5O2S. The molecule has 0 spiro atoms. The fraction of sp³-hybridized carbons (Fsp3) is 0.476. The summed E-state index contributed by atoms with van der Waals surface area (Å²) in [5.41, 5.74) is 2.46. The number of nitrogens with zero attached hydrogens (tertiary/aromatic N) is 4. The summed E-state index contributed by atoms with van der Waals surface area (Å²) in [4.78, 5) is 25.9. The molecule has 1 N–H and O–H groups in total. The summed E-state index contributed by atoms with van der Waals surface area (Å²) in [5.74, 6) is 0.618. The van der Waals surface area contributed by atoms with Gasteiger partial charge in [-0.25, -0.2) is 9.97 Å². The van der Waals surface area contributed by atoms with Gasteiger partial charge in [0.1, 0.15) is 11.4 Å². The standard InChI is InChI=1S/C21H29N5O2S/c1-15(8-9-22-2)28-14-16-6-5-7-17(12-16)26-11-10-25(3)19-18(20(26)27)13-23-21(24-19)29-4/h5-7,12-13,15,22H,8-11,14H2,1-4H3. The average Bonchev–Trinajstić information content (AvgIpc) is 2.87. The maximum absolute atomic E-state index is 13.3. The first-order valence-corrected chi connectivity index (χ1v) is 11.0. The summed E-state index contributed by atoms with van der Waals surface area (Å²) in [5, 5.41) is 3.81. The molecule has 1 aliphatic heterocycles. The lowest BCUT2D eigenvalue weighted by Crippen LogP contribution is -2.33. The second-order valence-electron chi connectivity index (χ2n) is 7.16. The monoisotopic (exact) mass is 415 g/mol. The van der Waals surface area contributed by atoms with Gasteiger partial charge in [-0.3, -0.25) is 4.79 Å². The first-order chi connectivity index (χ1) is 14.0. The van der Waals surface area contributed by atoms with Crippen LogP contribution in [0.25, 0.3) is 0 Å². The highest BCUT2D eigenvalue weighted by Crippen LogP contribution is 2.27. The number of hydrogen-bond donors (Lipinski definition) is 1. The Bertz CT molecular complexity index is 848. The molecule has 1 aromatic heterocycles. The van der Waals surface area contributed by atoms with Gasteiger partial charge in [0.05, 0.1) is 12.7 Å². The Balaban J connectivity index is 1.78. The van der Waals surface area contributed by atoms with E-state index >= 15 is 0 Å². The van der Waals surface area contributed by atoms with Crippen LogP contribution in [0.3, 0.4) is 0 Å². The van der Waals surface area contributed by atoms with Crippen molar-refractivity contribution in [1.82, 2.24) is 15.3 Å². The van der Waals surface area contributed by atoms with Crippen molar-refractivity contribution in [3.8, 4) is 0 Å². The zero-order valence-electron chi connectivity index (χ0n) is 17.5. The molecule has 7 nitrogen and oxygen atoms in total. The Hall–Kier alpha value is -2.16. The molecular weight excluding hydrogens is 386 g/mol. The van der Waals surface area contributed by atoms with E-state index < -0.39 is 0 Å². The highest BCUT2D eigenvalue weighted by atomic mass is 32.2. The van der Waals surface area contributed by atoms with Gasteiger partial charge >= 0.3 is 0 Å². The minimum Gasteiger partial charge on any atom is -0.374 e. The molecule has 1 aromatic carbocycles. The number of carbonyl (C=O) groups excluding carboxylic acids is 1. The lowest BCUT2D eigenvalue weighted by atomic mass is 10.1. The fourth-order valence-corrected chi connectivity index (χ4v) is 3.57. The van der Waals surface area contributed by atoms with Crippen LogP contribution in [0, 0.1) is 0 Å². The Kier molecular flexibility index (Phi) is 7.46. The van der Waals surface area contributed by atoms with Crippen molar-refractivity contribution in [3.05, 3.63) is 41.6 Å². The van der Waals surface area contributed by atoms with Crippen molar-refractivity contribution in [2.75, 3.05) is 49.8 Å². The molecule has 2 heterocycles. The molecule has 0 bridgehead atoms. The van der Waals surface area contributed by atoms with E-state index in [4.69, 9.17) is 4.74 Å². The molecule has 8 heteroatoms. The predicted molar refractivity (Wildman–Crippen MR) is 118 cm³/mol. The third-order valence-electron chi connectivity index (χ3n) is 4.98. The molecule has 1 aliphatic rings. The number of ether oxygens (including phenoxy) is 1. The molecule has 29 heavy (non-hydrogen) atoms. The van der Waals surface area contributed by atoms with Gasteiger partial charge in [-0.05, 0) is 50.9 Å². The highest BCUT2D eigenvalue weighted by Gasteiger charge is 2.28. The van der Waals surface area contributed by atoms with E-state index in [1.54, 1.807) is 11.1 Å². The summed E-state index contributed by atoms with van der Waals surface area (Å²) in [6.45, 7) is 4.82. The first-order valence-electron chi connectivity index (χ1n) is 9.82. The second-order valence-corrected chi connectivity index (χ2v) is 7.93. The van der Waals surface area contributed by atoms with Gasteiger partial charge in [0, 0.05) is 32.0 Å². The van der Waals surface area contributed by atoms with E-state index in [1.807, 2.05) is 49.5 Å². The number of amides is 1. The average molecular weight is 416 g/mol. The first kappa shape index (κ1) is 21.5. The van der Waals surface area contributed by atoms with Crippen LogP contribution in [-0.2, 0) is 11.3 Å². The number of thioether (sulfide) groups is 1. The third kappa shape index (κ3) is 5.26. The van der Waals surface area contributed by atoms with E-state index in [2.05, 4.69) is 22.2 Å². The summed E-state index contributed by atoms with van der Waals surface area (Å²) < 4.78 is 5.95. The van der Waals surface area contributed by atoms with E-state index in [1.165, 1.54) is 11.8 Å². The number of hydrogen-bond acceptors (Lipinski definition) is 7. The SMILES string of the molecule is CNCCC(C)OCc1cccc(N2CCN(C)c3nc(SC)ncc3C2=O)c1. The highest BCUT2D eigenvalue weighted by molar-refractivity contribution is 7.98. The Morgan fingerprint density at radius 2 is 2.17 bits per heavy atom. The van der Waals surface area contributed by atoms with Crippen molar-refractivity contribution in [2.45, 2.75) is 31.2 Å². The van der Waals surface area contributed by atoms with Crippen molar-refractivity contribution in [2.24, 2.45) is 0 Å². The van der Waals surface area contributed by atoms with E-state index in [0.717, 1.165) is 24.2 Å². The number of likely N-dealkylation sites (N-methyl/N-ethyl adjacent to an activating group) is 1. The number of rotatable bonds is 8. The normalized spacial score (nSPS) is 15.2. The van der Waals surface area contributed by atoms with Crippen LogP contribution in [-0.4, -0.2) is 62.0 Å². The second kappa shape index (κ2) is 10.0. The van der Waals surface area contributed by atoms with Gasteiger partial charge in [-0.2, -0.15) is 0 Å². The maximum atomic E-state index is 13.3. The molecule has 0 saturated heterocycles. The number of carbonyl (C=O) groups is 1. The molecule has 0 saturated carbocycles. The Morgan fingerprint density at radius 1 is 1.34 bits per heavy atom. The number of benzene rings is 1. The molecule has 0 aliphatic carbocycles. The van der Waals surface area contributed by atoms with Gasteiger partial charge in [0.2, 0.25) is 0 Å². The van der Waals surface area contributed by atoms with Crippen LogP contribution in [0.4, 0.5) is 11.5 Å². The van der Waals surface area contributed by atoms with E-state index in [9.17, 15) is 4.79 Å². The van der Waals surface area contributed by atoms with Crippen LogP contribution in [0.15, 0.2) is 35.6 Å². The minimum atomic E-state index is -0.0718. The number of anilines is 2. The zero-order chi connectivity index (χ0) is 20.8. The fourth-order valence-electron chi connectivity index (χ4n) is 3.23. The van der Waals surface area contributed by atoms with Crippen molar-refractivity contribution >= 4 is 29.2 Å². The molecule has 2 aromatic rings.